The minimum absolute atomic E-state index is 0.0647. The van der Waals surface area contributed by atoms with E-state index in [4.69, 9.17) is 16.6 Å². The van der Waals surface area contributed by atoms with Crippen LogP contribution in [0.2, 0.25) is 0 Å². The molecule has 0 aliphatic carbocycles. The van der Waals surface area contributed by atoms with Crippen molar-refractivity contribution in [3.63, 3.8) is 0 Å². The van der Waals surface area contributed by atoms with E-state index in [9.17, 15) is 9.18 Å². The Hall–Kier alpha value is -1.62. The number of rotatable bonds is 3. The molecule has 5 heteroatoms. The van der Waals surface area contributed by atoms with Crippen LogP contribution in [0.5, 0.6) is 0 Å². The number of hydrogen-bond donors (Lipinski definition) is 3. The minimum atomic E-state index is -1.08. The molecule has 1 aromatic rings. The van der Waals surface area contributed by atoms with Crippen molar-refractivity contribution < 1.29 is 14.3 Å². The topological polar surface area (TPSA) is 89.3 Å². The monoisotopic (exact) mass is 198 g/mol. The van der Waals surface area contributed by atoms with Gasteiger partial charge in [-0.25, -0.2) is 4.39 Å². The molecule has 0 aliphatic heterocycles. The van der Waals surface area contributed by atoms with E-state index in [2.05, 4.69) is 0 Å². The first kappa shape index (κ1) is 10.5. The van der Waals surface area contributed by atoms with Crippen LogP contribution in [0.15, 0.2) is 18.2 Å². The molecule has 0 aliphatic rings. The SMILES string of the molecule is Nc1cccc(F)c1[C@H](N)CC(=O)O. The molecule has 0 radical (unpaired) electrons. The van der Waals surface area contributed by atoms with Crippen molar-refractivity contribution in [2.45, 2.75) is 12.5 Å². The van der Waals surface area contributed by atoms with Gasteiger partial charge in [-0.1, -0.05) is 6.07 Å². The predicted octanol–water partition coefficient (Wildman–Crippen LogP) is 0.882. The molecule has 0 heterocycles. The van der Waals surface area contributed by atoms with Gasteiger partial charge in [0.25, 0.3) is 0 Å². The van der Waals surface area contributed by atoms with Gasteiger partial charge < -0.3 is 16.6 Å². The molecule has 14 heavy (non-hydrogen) atoms. The lowest BCUT2D eigenvalue weighted by molar-refractivity contribution is -0.137. The summed E-state index contributed by atoms with van der Waals surface area (Å²) in [6, 6.07) is 3.23. The van der Waals surface area contributed by atoms with Crippen molar-refractivity contribution in [1.29, 1.82) is 0 Å². The maximum absolute atomic E-state index is 13.2. The third-order valence-corrected chi connectivity index (χ3v) is 1.85. The van der Waals surface area contributed by atoms with Crippen LogP contribution in [-0.2, 0) is 4.79 Å². The predicted molar refractivity (Wildman–Crippen MR) is 50.0 cm³/mol. The summed E-state index contributed by atoms with van der Waals surface area (Å²) in [6.45, 7) is 0. The van der Waals surface area contributed by atoms with E-state index >= 15 is 0 Å². The van der Waals surface area contributed by atoms with Gasteiger partial charge in [0.2, 0.25) is 0 Å². The number of carboxylic acid groups (broad SMARTS) is 1. The average Bonchev–Trinajstić information content (AvgIpc) is 2.01. The molecule has 0 unspecified atom stereocenters. The normalized spacial score (nSPS) is 12.4. The Morgan fingerprint density at radius 1 is 1.57 bits per heavy atom. The fourth-order valence-electron chi connectivity index (χ4n) is 1.24. The molecule has 0 saturated heterocycles. The first-order valence-corrected chi connectivity index (χ1v) is 4.03. The van der Waals surface area contributed by atoms with Crippen LogP contribution in [0, 0.1) is 5.82 Å². The molecule has 0 saturated carbocycles. The van der Waals surface area contributed by atoms with Gasteiger partial charge in [-0.15, -0.1) is 0 Å². The first-order valence-electron chi connectivity index (χ1n) is 4.03. The number of nitrogens with two attached hydrogens (primary N) is 2. The van der Waals surface area contributed by atoms with Crippen molar-refractivity contribution in [1.82, 2.24) is 0 Å². The Labute approximate surface area is 80.3 Å². The van der Waals surface area contributed by atoms with Gasteiger partial charge in [-0.2, -0.15) is 0 Å². The molecule has 1 atom stereocenters. The number of benzene rings is 1. The second-order valence-electron chi connectivity index (χ2n) is 2.95. The Morgan fingerprint density at radius 3 is 2.71 bits per heavy atom. The zero-order valence-corrected chi connectivity index (χ0v) is 7.40. The highest BCUT2D eigenvalue weighted by Crippen LogP contribution is 2.23. The number of halogens is 1. The number of nitrogen functional groups attached to an aromatic ring is 1. The lowest BCUT2D eigenvalue weighted by atomic mass is 10.0. The summed E-state index contributed by atoms with van der Waals surface area (Å²) in [6.07, 6.45) is -0.342. The van der Waals surface area contributed by atoms with Gasteiger partial charge in [0.05, 0.1) is 6.42 Å². The zero-order valence-electron chi connectivity index (χ0n) is 7.40. The Kier molecular flexibility index (Phi) is 3.03. The van der Waals surface area contributed by atoms with Gasteiger partial charge in [0.15, 0.2) is 0 Å². The molecule has 0 aromatic heterocycles. The third kappa shape index (κ3) is 2.20. The lowest BCUT2D eigenvalue weighted by Gasteiger charge is -2.12. The van der Waals surface area contributed by atoms with E-state index < -0.39 is 17.8 Å². The molecule has 1 rings (SSSR count). The van der Waals surface area contributed by atoms with Crippen molar-refractivity contribution >= 4 is 11.7 Å². The van der Waals surface area contributed by atoms with Crippen LogP contribution in [0.1, 0.15) is 18.0 Å². The average molecular weight is 198 g/mol. The van der Waals surface area contributed by atoms with Crippen molar-refractivity contribution in [2.75, 3.05) is 5.73 Å². The number of carbonyl (C=O) groups is 1. The minimum Gasteiger partial charge on any atom is -0.481 e. The van der Waals surface area contributed by atoms with Crippen LogP contribution in [0.3, 0.4) is 0 Å². The third-order valence-electron chi connectivity index (χ3n) is 1.85. The second kappa shape index (κ2) is 4.06. The van der Waals surface area contributed by atoms with Gasteiger partial charge in [-0.3, -0.25) is 4.79 Å². The number of anilines is 1. The van der Waals surface area contributed by atoms with Crippen LogP contribution in [0.4, 0.5) is 10.1 Å². The smallest absolute Gasteiger partial charge is 0.305 e. The summed E-state index contributed by atoms with van der Waals surface area (Å²) >= 11 is 0. The summed E-state index contributed by atoms with van der Waals surface area (Å²) in [5.74, 6) is -1.65. The van der Waals surface area contributed by atoms with Crippen LogP contribution >= 0.6 is 0 Å². The summed E-state index contributed by atoms with van der Waals surface area (Å²) in [7, 11) is 0. The molecule has 4 nitrogen and oxygen atoms in total. The summed E-state index contributed by atoms with van der Waals surface area (Å²) < 4.78 is 13.2. The maximum atomic E-state index is 13.2. The van der Waals surface area contributed by atoms with E-state index in [-0.39, 0.29) is 17.7 Å². The van der Waals surface area contributed by atoms with Crippen LogP contribution < -0.4 is 11.5 Å². The Balaban J connectivity index is 2.99. The van der Waals surface area contributed by atoms with E-state index in [1.807, 2.05) is 0 Å². The highest BCUT2D eigenvalue weighted by molar-refractivity contribution is 5.68. The largest absolute Gasteiger partial charge is 0.481 e. The Morgan fingerprint density at radius 2 is 2.21 bits per heavy atom. The van der Waals surface area contributed by atoms with Crippen LogP contribution in [0.25, 0.3) is 0 Å². The van der Waals surface area contributed by atoms with Gasteiger partial charge in [0.1, 0.15) is 5.82 Å². The fraction of sp³-hybridized carbons (Fsp3) is 0.222. The van der Waals surface area contributed by atoms with E-state index in [1.165, 1.54) is 18.2 Å². The highest BCUT2D eigenvalue weighted by Gasteiger charge is 2.17. The van der Waals surface area contributed by atoms with Crippen LogP contribution in [-0.4, -0.2) is 11.1 Å². The van der Waals surface area contributed by atoms with Gasteiger partial charge in [-0.05, 0) is 12.1 Å². The quantitative estimate of drug-likeness (QED) is 0.629. The summed E-state index contributed by atoms with van der Waals surface area (Å²) in [4.78, 5) is 10.4. The van der Waals surface area contributed by atoms with Crippen molar-refractivity contribution in [3.05, 3.63) is 29.6 Å². The molecule has 0 fully saturated rings. The van der Waals surface area contributed by atoms with E-state index in [0.717, 1.165) is 0 Å². The molecule has 0 amide bonds. The first-order chi connectivity index (χ1) is 6.52. The molecule has 76 valence electrons. The molecule has 1 aromatic carbocycles. The van der Waals surface area contributed by atoms with Crippen molar-refractivity contribution in [2.24, 2.45) is 5.73 Å². The summed E-state index contributed by atoms with van der Waals surface area (Å²) in [5.41, 5.74) is 11.2. The zero-order chi connectivity index (χ0) is 10.7. The maximum Gasteiger partial charge on any atom is 0.305 e. The van der Waals surface area contributed by atoms with Crippen molar-refractivity contribution in [3.8, 4) is 0 Å². The molecule has 0 bridgehead atoms. The fourth-order valence-corrected chi connectivity index (χ4v) is 1.24. The number of carboxylic acids is 1. The van der Waals surface area contributed by atoms with E-state index in [1.54, 1.807) is 0 Å². The lowest BCUT2D eigenvalue weighted by Crippen LogP contribution is -2.18. The number of aliphatic carboxylic acids is 1. The molecular formula is C9H11FN2O2. The molecular weight excluding hydrogens is 187 g/mol. The number of hydrogen-bond acceptors (Lipinski definition) is 3. The molecule has 5 N–H and O–H groups in total. The highest BCUT2D eigenvalue weighted by atomic mass is 19.1. The van der Waals surface area contributed by atoms with E-state index in [0.29, 0.717) is 0 Å². The van der Waals surface area contributed by atoms with Gasteiger partial charge >= 0.3 is 5.97 Å². The summed E-state index contributed by atoms with van der Waals surface area (Å²) in [5, 5.41) is 8.48. The second-order valence-corrected chi connectivity index (χ2v) is 2.95. The van der Waals surface area contributed by atoms with Gasteiger partial charge in [0, 0.05) is 17.3 Å². The Bertz CT molecular complexity index is 334. The molecule has 0 spiro atoms. The standard InChI is InChI=1S/C9H11FN2O2/c10-5-2-1-3-6(11)9(5)7(12)4-8(13)14/h1-3,7H,4,11-12H2,(H,13,14)/t7-/m1/s1.